The second-order valence-electron chi connectivity index (χ2n) is 6.18. The standard InChI is InChI=1S/C18H26N2O4/c21-18(4-3-17-2-1-11-24-17)20(16-5-12-22-13-6-16)8-7-19-9-14-23-15-10-19/h1-4,11,16H,5-10,12-15H2/b4-3+. The Morgan fingerprint density at radius 1 is 1.21 bits per heavy atom. The highest BCUT2D eigenvalue weighted by Gasteiger charge is 2.25. The lowest BCUT2D eigenvalue weighted by Crippen LogP contribution is -2.48. The maximum atomic E-state index is 12.7. The van der Waals surface area contributed by atoms with Crippen LogP contribution in [0.5, 0.6) is 0 Å². The molecule has 0 bridgehead atoms. The predicted molar refractivity (Wildman–Crippen MR) is 90.6 cm³/mol. The van der Waals surface area contributed by atoms with Gasteiger partial charge in [-0.2, -0.15) is 0 Å². The summed E-state index contributed by atoms with van der Waals surface area (Å²) in [6.07, 6.45) is 6.78. The summed E-state index contributed by atoms with van der Waals surface area (Å²) < 4.78 is 16.1. The minimum absolute atomic E-state index is 0.0477. The van der Waals surface area contributed by atoms with E-state index in [1.165, 1.54) is 0 Å². The van der Waals surface area contributed by atoms with E-state index in [1.807, 2.05) is 17.0 Å². The molecule has 0 N–H and O–H groups in total. The summed E-state index contributed by atoms with van der Waals surface area (Å²) in [6, 6.07) is 3.92. The normalized spacial score (nSPS) is 20.5. The van der Waals surface area contributed by atoms with Crippen LogP contribution in [0.3, 0.4) is 0 Å². The largest absolute Gasteiger partial charge is 0.465 e. The lowest BCUT2D eigenvalue weighted by atomic mass is 10.1. The van der Waals surface area contributed by atoms with Crippen LogP contribution >= 0.6 is 0 Å². The van der Waals surface area contributed by atoms with Gasteiger partial charge in [-0.1, -0.05) is 0 Å². The minimum Gasteiger partial charge on any atom is -0.465 e. The first kappa shape index (κ1) is 17.2. The van der Waals surface area contributed by atoms with Gasteiger partial charge in [0.1, 0.15) is 5.76 Å². The van der Waals surface area contributed by atoms with Crippen molar-refractivity contribution in [3.63, 3.8) is 0 Å². The SMILES string of the molecule is O=C(/C=C/c1ccco1)N(CCN1CCOCC1)C1CCOCC1. The number of hydrogen-bond acceptors (Lipinski definition) is 5. The van der Waals surface area contributed by atoms with Crippen LogP contribution in [0.4, 0.5) is 0 Å². The van der Waals surface area contributed by atoms with Crippen LogP contribution in [0.15, 0.2) is 28.9 Å². The summed E-state index contributed by atoms with van der Waals surface area (Å²) >= 11 is 0. The van der Waals surface area contributed by atoms with Gasteiger partial charge in [0.05, 0.1) is 19.5 Å². The van der Waals surface area contributed by atoms with E-state index in [0.29, 0.717) is 5.76 Å². The third-order valence-electron chi connectivity index (χ3n) is 4.61. The Hall–Kier alpha value is -1.63. The molecule has 2 aliphatic heterocycles. The van der Waals surface area contributed by atoms with Crippen LogP contribution in [0.2, 0.25) is 0 Å². The molecule has 0 radical (unpaired) electrons. The molecule has 2 saturated heterocycles. The summed E-state index contributed by atoms with van der Waals surface area (Å²) in [4.78, 5) is 17.1. The van der Waals surface area contributed by atoms with Crippen molar-refractivity contribution in [3.05, 3.63) is 30.2 Å². The minimum atomic E-state index is 0.0477. The van der Waals surface area contributed by atoms with E-state index in [1.54, 1.807) is 18.4 Å². The van der Waals surface area contributed by atoms with E-state index in [9.17, 15) is 4.79 Å². The third-order valence-corrected chi connectivity index (χ3v) is 4.61. The number of nitrogens with zero attached hydrogens (tertiary/aromatic N) is 2. The molecule has 0 saturated carbocycles. The van der Waals surface area contributed by atoms with E-state index in [0.717, 1.165) is 65.4 Å². The molecule has 0 spiro atoms. The van der Waals surface area contributed by atoms with Gasteiger partial charge in [0.15, 0.2) is 0 Å². The Morgan fingerprint density at radius 2 is 1.96 bits per heavy atom. The molecule has 6 nitrogen and oxygen atoms in total. The Morgan fingerprint density at radius 3 is 2.67 bits per heavy atom. The molecule has 2 aliphatic rings. The summed E-state index contributed by atoms with van der Waals surface area (Å²) in [5, 5.41) is 0. The van der Waals surface area contributed by atoms with Crippen LogP contribution in [-0.2, 0) is 14.3 Å². The lowest BCUT2D eigenvalue weighted by Gasteiger charge is -2.36. The highest BCUT2D eigenvalue weighted by Crippen LogP contribution is 2.16. The molecule has 132 valence electrons. The first-order chi connectivity index (χ1) is 11.8. The van der Waals surface area contributed by atoms with Gasteiger partial charge in [-0.15, -0.1) is 0 Å². The predicted octanol–water partition coefficient (Wildman–Crippen LogP) is 1.63. The maximum Gasteiger partial charge on any atom is 0.246 e. The van der Waals surface area contributed by atoms with Crippen molar-refractivity contribution in [1.82, 2.24) is 9.80 Å². The molecule has 0 aromatic carbocycles. The molecular formula is C18H26N2O4. The number of rotatable bonds is 6. The molecule has 24 heavy (non-hydrogen) atoms. The Labute approximate surface area is 143 Å². The van der Waals surface area contributed by atoms with Crippen LogP contribution in [0.25, 0.3) is 6.08 Å². The number of carbonyl (C=O) groups excluding carboxylic acids is 1. The molecule has 1 aromatic heterocycles. The molecule has 2 fully saturated rings. The van der Waals surface area contributed by atoms with Crippen molar-refractivity contribution in [2.45, 2.75) is 18.9 Å². The van der Waals surface area contributed by atoms with Gasteiger partial charge in [0, 0.05) is 51.5 Å². The van der Waals surface area contributed by atoms with E-state index in [4.69, 9.17) is 13.9 Å². The fourth-order valence-electron chi connectivity index (χ4n) is 3.18. The molecule has 3 heterocycles. The monoisotopic (exact) mass is 334 g/mol. The van der Waals surface area contributed by atoms with Crippen LogP contribution in [0.1, 0.15) is 18.6 Å². The van der Waals surface area contributed by atoms with Gasteiger partial charge in [-0.3, -0.25) is 9.69 Å². The van der Waals surface area contributed by atoms with Crippen molar-refractivity contribution in [1.29, 1.82) is 0 Å². The Balaban J connectivity index is 1.60. The molecular weight excluding hydrogens is 308 g/mol. The Bertz CT molecular complexity index is 517. The van der Waals surface area contributed by atoms with Crippen LogP contribution in [0, 0.1) is 0 Å². The van der Waals surface area contributed by atoms with Gasteiger partial charge >= 0.3 is 0 Å². The van der Waals surface area contributed by atoms with Gasteiger partial charge < -0.3 is 18.8 Å². The average molecular weight is 334 g/mol. The topological polar surface area (TPSA) is 55.2 Å². The van der Waals surface area contributed by atoms with Crippen molar-refractivity contribution in [3.8, 4) is 0 Å². The zero-order valence-corrected chi connectivity index (χ0v) is 14.1. The maximum absolute atomic E-state index is 12.7. The van der Waals surface area contributed by atoms with Gasteiger partial charge in [-0.25, -0.2) is 0 Å². The van der Waals surface area contributed by atoms with Crippen LogP contribution in [-0.4, -0.2) is 74.4 Å². The smallest absolute Gasteiger partial charge is 0.246 e. The number of morpholine rings is 1. The van der Waals surface area contributed by atoms with Gasteiger partial charge in [-0.05, 0) is 31.1 Å². The van der Waals surface area contributed by atoms with E-state index in [-0.39, 0.29) is 11.9 Å². The number of ether oxygens (including phenoxy) is 2. The number of furan rings is 1. The van der Waals surface area contributed by atoms with Crippen molar-refractivity contribution in [2.24, 2.45) is 0 Å². The summed E-state index contributed by atoms with van der Waals surface area (Å²) in [7, 11) is 0. The zero-order chi connectivity index (χ0) is 16.6. The van der Waals surface area contributed by atoms with E-state index in [2.05, 4.69) is 4.90 Å². The molecule has 0 unspecified atom stereocenters. The fourth-order valence-corrected chi connectivity index (χ4v) is 3.18. The molecule has 0 aliphatic carbocycles. The van der Waals surface area contributed by atoms with Crippen molar-refractivity contribution in [2.75, 3.05) is 52.6 Å². The first-order valence-corrected chi connectivity index (χ1v) is 8.73. The van der Waals surface area contributed by atoms with Crippen LogP contribution < -0.4 is 0 Å². The number of hydrogen-bond donors (Lipinski definition) is 0. The molecule has 1 amide bonds. The third kappa shape index (κ3) is 4.93. The lowest BCUT2D eigenvalue weighted by molar-refractivity contribution is -0.130. The first-order valence-electron chi connectivity index (χ1n) is 8.73. The molecule has 3 rings (SSSR count). The Kier molecular flexibility index (Phi) is 6.46. The van der Waals surface area contributed by atoms with E-state index < -0.39 is 0 Å². The average Bonchev–Trinajstić information content (AvgIpc) is 3.15. The van der Waals surface area contributed by atoms with Gasteiger partial charge in [0.2, 0.25) is 5.91 Å². The fraction of sp³-hybridized carbons (Fsp3) is 0.611. The summed E-state index contributed by atoms with van der Waals surface area (Å²) in [5.41, 5.74) is 0. The second-order valence-corrected chi connectivity index (χ2v) is 6.18. The highest BCUT2D eigenvalue weighted by atomic mass is 16.5. The molecule has 1 aromatic rings. The quantitative estimate of drug-likeness (QED) is 0.740. The zero-order valence-electron chi connectivity index (χ0n) is 14.1. The van der Waals surface area contributed by atoms with E-state index >= 15 is 0 Å². The van der Waals surface area contributed by atoms with Crippen molar-refractivity contribution >= 4 is 12.0 Å². The number of amides is 1. The molecule has 6 heteroatoms. The second kappa shape index (κ2) is 9.01. The highest BCUT2D eigenvalue weighted by molar-refractivity contribution is 5.91. The number of carbonyl (C=O) groups is 1. The van der Waals surface area contributed by atoms with Gasteiger partial charge in [0.25, 0.3) is 0 Å². The summed E-state index contributed by atoms with van der Waals surface area (Å²) in [6.45, 7) is 6.54. The van der Waals surface area contributed by atoms with Crippen molar-refractivity contribution < 1.29 is 18.7 Å². The molecule has 0 atom stereocenters. The summed E-state index contributed by atoms with van der Waals surface area (Å²) in [5.74, 6) is 0.745.